The summed E-state index contributed by atoms with van der Waals surface area (Å²) in [4.78, 5) is 38.6. The molecule has 5 aromatic rings. The van der Waals surface area contributed by atoms with E-state index in [1.54, 1.807) is 0 Å². The first-order valence-corrected chi connectivity index (χ1v) is 19.6. The number of benzene rings is 5. The molecule has 3 heterocycles. The molecule has 17 nitrogen and oxygen atoms in total. The minimum atomic E-state index is -5.64. The van der Waals surface area contributed by atoms with Crippen LogP contribution in [0, 0.1) is 5.89 Å². The van der Waals surface area contributed by atoms with Crippen molar-refractivity contribution in [3.8, 4) is 40.2 Å². The quantitative estimate of drug-likeness (QED) is 0.0305. The van der Waals surface area contributed by atoms with Gasteiger partial charge in [-0.1, -0.05) is 73.9 Å². The van der Waals surface area contributed by atoms with Crippen LogP contribution in [0.2, 0.25) is 0 Å². The van der Waals surface area contributed by atoms with E-state index in [1.165, 1.54) is 20.8 Å². The topological polar surface area (TPSA) is 205 Å². The third-order valence-electron chi connectivity index (χ3n) is 7.71. The Balaban J connectivity index is 0.000000496. The van der Waals surface area contributed by atoms with Crippen molar-refractivity contribution in [1.29, 1.82) is 0 Å². The second-order valence-corrected chi connectivity index (χ2v) is 13.7. The average Bonchev–Trinajstić information content (AvgIpc) is 1.46. The molecule has 0 spiro atoms. The molecule has 18 heteroatoms. The lowest BCUT2D eigenvalue weighted by molar-refractivity contribution is -0.155. The number of oxime groups is 1. The van der Waals surface area contributed by atoms with E-state index in [0.29, 0.717) is 0 Å². The number of halogens is 1. The number of hydrogen-bond acceptors (Lipinski definition) is 15. The van der Waals surface area contributed by atoms with Crippen molar-refractivity contribution in [1.82, 2.24) is 9.80 Å². The fraction of sp³-hybridized carbons (Fsp3) is 0.424. The number of methoxy groups -OCH3 is 3. The molecule has 0 radical (unpaired) electrons. The van der Waals surface area contributed by atoms with Gasteiger partial charge in [-0.25, -0.2) is 0 Å². The number of likely N-dealkylation sites (tertiary alicyclic amines) is 1. The molecule has 5 aromatic carbocycles. The maximum atomic E-state index is 15.4. The predicted octanol–water partition coefficient (Wildman–Crippen LogP) is 10.5. The molecule has 0 aliphatic carbocycles. The van der Waals surface area contributed by atoms with Crippen LogP contribution in [0.25, 0.3) is 0 Å². The highest BCUT2D eigenvalue weighted by atomic mass is 35.5. The number of hydrogen-bond donors (Lipinski definition) is 3. The summed E-state index contributed by atoms with van der Waals surface area (Å²) in [5.41, 5.74) is -7.38. The number of rotatable bonds is 19. The van der Waals surface area contributed by atoms with Gasteiger partial charge in [0.1, 0.15) is 28.3 Å². The van der Waals surface area contributed by atoms with Crippen LogP contribution in [0.1, 0.15) is 193 Å². The van der Waals surface area contributed by atoms with E-state index in [1.807, 2.05) is 0 Å². The largest absolute Gasteiger partial charge is 0.497 e. The number of amides is 1. The fourth-order valence-electron chi connectivity index (χ4n) is 4.88. The van der Waals surface area contributed by atoms with Gasteiger partial charge in [-0.05, 0) is 128 Å². The number of carboxylic acids is 1. The number of carbonyl (C=O) groups is 3. The number of aliphatic carboxylic acids is 1. The van der Waals surface area contributed by atoms with Gasteiger partial charge in [0.2, 0.25) is 19.4 Å². The van der Waals surface area contributed by atoms with Crippen LogP contribution >= 0.6 is 12.4 Å². The Labute approximate surface area is 547 Å². The lowest BCUT2D eigenvalue weighted by Gasteiger charge is -2.30. The van der Waals surface area contributed by atoms with Gasteiger partial charge in [0.05, 0.1) is 99.2 Å². The van der Waals surface area contributed by atoms with E-state index in [2.05, 4.69) is 19.4 Å². The first-order chi connectivity index (χ1) is 61.2. The molecule has 3 N–H and O–H groups in total. The van der Waals surface area contributed by atoms with E-state index >= 15 is 4.79 Å². The summed E-state index contributed by atoms with van der Waals surface area (Å²) in [6, 6.07) is -27.7. The molecule has 4 atom stereocenters. The SMILES string of the molecule is Cl.[2H]/C(=N\O)c1c([2H])c([2H])c(OC([2H])([2H])[2H])c([2H])c1[2H].[2H]c1c([2H])c([2H])c(OC([2H])([2H])[2H])c([2H])c1[2H].[2H]c1c([2H])c([C@@]([2H])(C([2H])([2H])O)C([2H])([2H])C(=O)OC(C)(C)C)c([2H])c2c1OC([2H])([2H])O2.[2H]c1c([2H])c([C@]2([2H])N(C([2H])([2H])C(=O)N(C([2H])([2H])C([2H])([2H])C([2H])([2H])C([2H])([2H])[2H])C([2H])([2H])C([2H])([2H])C([2H])([2H])C([2H])([2H])[2H])C([2H])([2H])[C@]([2H])(c3c([2H])c([2H])c4c(c3[2H])OC([2H])([2H])O4)[C@@]2([2H])C(=O)O)c([2H])c([2H])c1OC([2H])([2H])[2H]. The smallest absolute Gasteiger partial charge is 0.309 e. The Morgan fingerprint density at radius 1 is 0.831 bits per heavy atom. The minimum Gasteiger partial charge on any atom is -0.497 e. The molecule has 3 aliphatic heterocycles. The fourth-order valence-corrected chi connectivity index (χ4v) is 4.88. The number of fused-ring (bicyclic) bond motifs is 2. The van der Waals surface area contributed by atoms with E-state index in [4.69, 9.17) is 106 Å². The van der Waals surface area contributed by atoms with Crippen LogP contribution < -0.4 is 33.2 Å². The second kappa shape index (κ2) is 31.7. The number of carboxylic acid groups (broad SMARTS) is 1. The van der Waals surface area contributed by atoms with Gasteiger partial charge in [0.15, 0.2) is 23.0 Å². The number of ether oxygens (including phenoxy) is 8. The molecule has 0 unspecified atom stereocenters. The third-order valence-corrected chi connectivity index (χ3v) is 7.71. The first kappa shape index (κ1) is 17.9. The molecule has 0 bridgehead atoms. The van der Waals surface area contributed by atoms with E-state index in [9.17, 15) is 29.4 Å². The van der Waals surface area contributed by atoms with E-state index in [-0.39, 0.29) is 12.4 Å². The molecule has 77 heavy (non-hydrogen) atoms. The second-order valence-electron chi connectivity index (χ2n) is 13.7. The monoisotopic (exact) mass is 1150 g/mol. The van der Waals surface area contributed by atoms with Crippen LogP contribution in [-0.4, -0.2) is 122 Å². The highest BCUT2D eigenvalue weighted by molar-refractivity contribution is 5.85. The van der Waals surface area contributed by atoms with Crippen molar-refractivity contribution in [2.75, 3.05) is 67.2 Å². The Hall–Kier alpha value is -7.21. The van der Waals surface area contributed by atoms with E-state index < -0.39 is 353 Å². The van der Waals surface area contributed by atoms with Crippen molar-refractivity contribution in [2.24, 2.45) is 11.0 Å². The number of esters is 1. The van der Waals surface area contributed by atoms with Gasteiger partial charge in [0, 0.05) is 71.6 Å². The molecule has 1 amide bonds. The first-order valence-electron chi connectivity index (χ1n) is 51.1. The Morgan fingerprint density at radius 3 is 1.92 bits per heavy atom. The molecular weight excluding hydrogens is 1010 g/mol. The lowest BCUT2D eigenvalue weighted by Crippen LogP contribution is -2.42. The molecule has 3 aliphatic rings. The maximum Gasteiger partial charge on any atom is 0.309 e. The Morgan fingerprint density at radius 2 is 1.38 bits per heavy atom. The maximum absolute atomic E-state index is 15.4. The summed E-state index contributed by atoms with van der Waals surface area (Å²) in [6.45, 7) is -36.8. The van der Waals surface area contributed by atoms with Crippen LogP contribution in [0.3, 0.4) is 0 Å². The van der Waals surface area contributed by atoms with Gasteiger partial charge in [-0.2, -0.15) is 0 Å². The molecule has 8 rings (SSSR count). The van der Waals surface area contributed by atoms with Gasteiger partial charge < -0.3 is 58.2 Å². The van der Waals surface area contributed by atoms with Crippen LogP contribution in [0.4, 0.5) is 0 Å². The molecular formula is C59H76ClN3O14. The highest BCUT2D eigenvalue weighted by Gasteiger charge is 2.48. The summed E-state index contributed by atoms with van der Waals surface area (Å²) in [7, 11) is -9.50. The summed E-state index contributed by atoms with van der Waals surface area (Å²) >= 11 is 0. The number of nitrogens with zero attached hydrogens (tertiary/aromatic N) is 3. The number of aliphatic hydroxyl groups is 1. The zero-order chi connectivity index (χ0) is 110. The van der Waals surface area contributed by atoms with Gasteiger partial charge in [0.25, 0.3) is 0 Å². The normalized spacial score (nSPS) is 35.9. The molecule has 0 saturated carbocycles. The van der Waals surface area contributed by atoms with Crippen LogP contribution in [-0.2, 0) is 19.1 Å². The van der Waals surface area contributed by atoms with Crippen molar-refractivity contribution >= 4 is 36.4 Å². The Kier molecular flexibility index (Phi) is 7.38. The Bertz CT molecular complexity index is 5570. The van der Waals surface area contributed by atoms with Crippen LogP contribution in [0.5, 0.6) is 40.2 Å². The summed E-state index contributed by atoms with van der Waals surface area (Å²) in [5.74, 6) is -29.7. The third kappa shape index (κ3) is 19.1. The van der Waals surface area contributed by atoms with Gasteiger partial charge in [-0.3, -0.25) is 19.3 Å². The molecule has 1 fully saturated rings. The molecule has 1 saturated heterocycles. The summed E-state index contributed by atoms with van der Waals surface area (Å²) in [6.07, 6.45) is -24.6. The number of para-hydroxylation sites is 1. The zero-order valence-corrected chi connectivity index (χ0v) is 39.4. The minimum absolute atomic E-state index is 0. The summed E-state index contributed by atoms with van der Waals surface area (Å²) in [5, 5.41) is 32.2. The predicted molar refractivity (Wildman–Crippen MR) is 296 cm³/mol. The van der Waals surface area contributed by atoms with Crippen LogP contribution in [0.15, 0.2) is 120 Å². The highest BCUT2D eigenvalue weighted by Crippen LogP contribution is 2.48. The zero-order valence-electron chi connectivity index (χ0n) is 102. The van der Waals surface area contributed by atoms with Crippen molar-refractivity contribution in [2.45, 2.75) is 89.7 Å². The summed E-state index contributed by atoms with van der Waals surface area (Å²) < 4.78 is 544. The number of carbonyl (C=O) groups excluding carboxylic acids is 2. The van der Waals surface area contributed by atoms with Crippen molar-refractivity contribution in [3.05, 3.63) is 137 Å². The van der Waals surface area contributed by atoms with Gasteiger partial charge in [-0.15, -0.1) is 12.4 Å². The van der Waals surface area contributed by atoms with Crippen molar-refractivity contribution in [3.63, 3.8) is 0 Å². The molecule has 0 aromatic heterocycles. The lowest BCUT2D eigenvalue weighted by atomic mass is 9.82. The average molecular weight is 1150 g/mol. The van der Waals surface area contributed by atoms with Gasteiger partial charge >= 0.3 is 11.9 Å². The van der Waals surface area contributed by atoms with E-state index in [0.717, 1.165) is 0 Å². The standard InChI is InChI=1S/C29H38N2O6.C15H20O5.C8H9NO2.C7H8O.ClH/c1-4-6-14-30(15-7-5-2)26(32)18-31-17-23(21-10-13-24-25(16-21)37-19-36-24)27(29(33)34)28(31)20-8-11-22(35-3)12-9-20;1-15(2,3)20-14(17)7-11(8-16)10-4-5-12-13(6-10)19-9-18-12;1-11-8-4-2-7(3-5-8)6-9-10;1-8-7-5-3-2-4-6-7;/h8-13,16,23,27-28H,4-7,14-15,17-19H2,1-3H3,(H,33,34);4-6,11,16H,7-9H2,1-3H3;2-6,10H,1H3;2-6H,1H3;1H/b;;9-6+;;/t23-,27-,28+;11-;;;/m11.../s1/i1D3,2D3,3D3,4D2,5D2,6D2,7D2,8D,9D,10D,11D,12D,13D,14D2,15D2,16D,17D2,18D2,19D2,23D,27D,28D;4D,5D,6D,7D2,8D2,9D2,11D;2*1D3,2D,3D,4D,5D,6D;. The van der Waals surface area contributed by atoms with Crippen molar-refractivity contribution < 1.29 is 154 Å². The molecule has 418 valence electrons.